The van der Waals surface area contributed by atoms with Crippen LogP contribution in [0, 0.1) is 0 Å². The molecular weight excluding hydrogens is 398 g/mol. The number of carbonyl (C=O) groups excluding carboxylic acids is 2. The van der Waals surface area contributed by atoms with Crippen LogP contribution in [-0.2, 0) is 26.0 Å². The van der Waals surface area contributed by atoms with Crippen LogP contribution in [0.25, 0.3) is 0 Å². The van der Waals surface area contributed by atoms with Crippen molar-refractivity contribution < 1.29 is 18.0 Å². The Morgan fingerprint density at radius 2 is 2.00 bits per heavy atom. The van der Waals surface area contributed by atoms with Crippen LogP contribution in [0.1, 0.15) is 36.4 Å². The maximum Gasteiger partial charge on any atom is 0.240 e. The number of aryl methyl sites for hydroxylation is 1. The lowest BCUT2D eigenvalue weighted by Crippen LogP contribution is -2.50. The molecule has 1 aromatic carbocycles. The molecule has 3 rings (SSSR count). The van der Waals surface area contributed by atoms with E-state index in [-0.39, 0.29) is 28.8 Å². The second kappa shape index (κ2) is 8.85. The standard InChI is InChI=1S/C19H23N3O4S2/c1-20-28(25,26)15-5-2-13(3-6-15)4-8-17(23)21-16-7-9-18(24)22-19(16)14-10-11-27-12-14/h2-3,5-6,10-12,16,19-20H,4,7-9H2,1H3,(H,21,23)(H,22,24)/t16-,19+/m1/s1. The normalized spacial score (nSPS) is 19.8. The molecule has 0 spiro atoms. The molecule has 0 unspecified atom stereocenters. The summed E-state index contributed by atoms with van der Waals surface area (Å²) < 4.78 is 25.8. The molecule has 1 saturated heterocycles. The van der Waals surface area contributed by atoms with E-state index in [1.807, 2.05) is 16.8 Å². The summed E-state index contributed by atoms with van der Waals surface area (Å²) in [6.07, 6.45) is 1.80. The first-order chi connectivity index (χ1) is 13.4. The van der Waals surface area contributed by atoms with E-state index in [0.29, 0.717) is 25.7 Å². The molecule has 1 aliphatic rings. The van der Waals surface area contributed by atoms with Crippen LogP contribution >= 0.6 is 11.3 Å². The van der Waals surface area contributed by atoms with Crippen molar-refractivity contribution in [3.05, 3.63) is 52.2 Å². The summed E-state index contributed by atoms with van der Waals surface area (Å²) in [6, 6.07) is 8.11. The van der Waals surface area contributed by atoms with Crippen molar-refractivity contribution in [2.75, 3.05) is 7.05 Å². The van der Waals surface area contributed by atoms with Gasteiger partial charge in [-0.25, -0.2) is 13.1 Å². The molecule has 1 aliphatic heterocycles. The molecule has 7 nitrogen and oxygen atoms in total. The monoisotopic (exact) mass is 421 g/mol. The van der Waals surface area contributed by atoms with E-state index in [9.17, 15) is 18.0 Å². The highest BCUT2D eigenvalue weighted by Gasteiger charge is 2.31. The Balaban J connectivity index is 1.57. The largest absolute Gasteiger partial charge is 0.351 e. The summed E-state index contributed by atoms with van der Waals surface area (Å²) in [4.78, 5) is 24.4. The summed E-state index contributed by atoms with van der Waals surface area (Å²) in [6.45, 7) is 0. The van der Waals surface area contributed by atoms with Crippen LogP contribution in [0.15, 0.2) is 46.0 Å². The Hall–Kier alpha value is -2.23. The topological polar surface area (TPSA) is 104 Å². The smallest absolute Gasteiger partial charge is 0.240 e. The second-order valence-electron chi connectivity index (χ2n) is 6.67. The SMILES string of the molecule is CNS(=O)(=O)c1ccc(CCC(=O)N[C@@H]2CCC(=O)N[C@H]2c2ccsc2)cc1. The Bertz CT molecular complexity index is 925. The molecule has 2 amide bonds. The van der Waals surface area contributed by atoms with Gasteiger partial charge in [0.15, 0.2) is 0 Å². The number of thiophene rings is 1. The van der Waals surface area contributed by atoms with Crippen molar-refractivity contribution >= 4 is 33.2 Å². The molecule has 28 heavy (non-hydrogen) atoms. The first kappa shape index (κ1) is 20.5. The third-order valence-electron chi connectivity index (χ3n) is 4.79. The lowest BCUT2D eigenvalue weighted by molar-refractivity contribution is -0.127. The highest BCUT2D eigenvalue weighted by molar-refractivity contribution is 7.89. The minimum atomic E-state index is -3.46. The summed E-state index contributed by atoms with van der Waals surface area (Å²) in [5.74, 6) is -0.0911. The third-order valence-corrected chi connectivity index (χ3v) is 6.92. The number of hydrogen-bond acceptors (Lipinski definition) is 5. The van der Waals surface area contributed by atoms with Crippen LogP contribution in [-0.4, -0.2) is 33.3 Å². The zero-order valence-electron chi connectivity index (χ0n) is 15.5. The quantitative estimate of drug-likeness (QED) is 0.633. The van der Waals surface area contributed by atoms with Gasteiger partial charge in [-0.3, -0.25) is 9.59 Å². The molecular formula is C19H23N3O4S2. The third kappa shape index (κ3) is 4.98. The van der Waals surface area contributed by atoms with Gasteiger partial charge in [0.25, 0.3) is 0 Å². The number of nitrogens with one attached hydrogen (secondary N) is 3. The van der Waals surface area contributed by atoms with E-state index < -0.39 is 10.0 Å². The molecule has 0 radical (unpaired) electrons. The van der Waals surface area contributed by atoms with Gasteiger partial charge in [-0.15, -0.1) is 0 Å². The van der Waals surface area contributed by atoms with Gasteiger partial charge in [-0.1, -0.05) is 12.1 Å². The van der Waals surface area contributed by atoms with E-state index in [1.54, 1.807) is 23.5 Å². The average Bonchev–Trinajstić information content (AvgIpc) is 3.23. The van der Waals surface area contributed by atoms with Gasteiger partial charge in [0.05, 0.1) is 17.0 Å². The molecule has 1 aromatic heterocycles. The molecule has 0 aliphatic carbocycles. The number of amides is 2. The Morgan fingerprint density at radius 1 is 1.25 bits per heavy atom. The lowest BCUT2D eigenvalue weighted by atomic mass is 9.93. The van der Waals surface area contributed by atoms with Crippen molar-refractivity contribution in [1.29, 1.82) is 0 Å². The van der Waals surface area contributed by atoms with Gasteiger partial charge < -0.3 is 10.6 Å². The minimum Gasteiger partial charge on any atom is -0.351 e. The maximum atomic E-state index is 12.4. The van der Waals surface area contributed by atoms with E-state index in [2.05, 4.69) is 15.4 Å². The van der Waals surface area contributed by atoms with Gasteiger partial charge in [0.2, 0.25) is 21.8 Å². The van der Waals surface area contributed by atoms with Gasteiger partial charge in [-0.2, -0.15) is 11.3 Å². The fraction of sp³-hybridized carbons (Fsp3) is 0.368. The predicted molar refractivity (Wildman–Crippen MR) is 107 cm³/mol. The van der Waals surface area contributed by atoms with Crippen molar-refractivity contribution in [2.24, 2.45) is 0 Å². The van der Waals surface area contributed by atoms with Crippen LogP contribution < -0.4 is 15.4 Å². The van der Waals surface area contributed by atoms with Crippen molar-refractivity contribution in [3.63, 3.8) is 0 Å². The Morgan fingerprint density at radius 3 is 2.64 bits per heavy atom. The van der Waals surface area contributed by atoms with Gasteiger partial charge in [-0.05, 0) is 60.0 Å². The predicted octanol–water partition coefficient (Wildman–Crippen LogP) is 1.72. The molecule has 2 aromatic rings. The first-order valence-corrected chi connectivity index (χ1v) is 11.4. The minimum absolute atomic E-state index is 0.00156. The highest BCUT2D eigenvalue weighted by Crippen LogP contribution is 2.26. The number of carbonyl (C=O) groups is 2. The summed E-state index contributed by atoms with van der Waals surface area (Å²) in [7, 11) is -2.09. The second-order valence-corrected chi connectivity index (χ2v) is 9.33. The lowest BCUT2D eigenvalue weighted by Gasteiger charge is -2.32. The van der Waals surface area contributed by atoms with Crippen molar-refractivity contribution in [3.8, 4) is 0 Å². The van der Waals surface area contributed by atoms with Crippen molar-refractivity contribution in [1.82, 2.24) is 15.4 Å². The molecule has 0 bridgehead atoms. The molecule has 1 fully saturated rings. The molecule has 9 heteroatoms. The maximum absolute atomic E-state index is 12.4. The zero-order chi connectivity index (χ0) is 20.1. The molecule has 2 heterocycles. The average molecular weight is 422 g/mol. The molecule has 2 atom stereocenters. The van der Waals surface area contributed by atoms with Crippen LogP contribution in [0.2, 0.25) is 0 Å². The Labute approximate surface area is 168 Å². The Kier molecular flexibility index (Phi) is 6.48. The van der Waals surface area contributed by atoms with Crippen LogP contribution in [0.3, 0.4) is 0 Å². The summed E-state index contributed by atoms with van der Waals surface area (Å²) >= 11 is 1.56. The van der Waals surface area contributed by atoms with Crippen LogP contribution in [0.5, 0.6) is 0 Å². The van der Waals surface area contributed by atoms with Gasteiger partial charge >= 0.3 is 0 Å². The van der Waals surface area contributed by atoms with Crippen molar-refractivity contribution in [2.45, 2.75) is 42.7 Å². The van der Waals surface area contributed by atoms with E-state index in [1.165, 1.54) is 19.2 Å². The summed E-state index contributed by atoms with van der Waals surface area (Å²) in [5.41, 5.74) is 1.89. The fourth-order valence-corrected chi connectivity index (χ4v) is 4.64. The number of piperidine rings is 1. The molecule has 0 saturated carbocycles. The zero-order valence-corrected chi connectivity index (χ0v) is 17.1. The van der Waals surface area contributed by atoms with E-state index in [0.717, 1.165) is 11.1 Å². The van der Waals surface area contributed by atoms with E-state index >= 15 is 0 Å². The number of sulfonamides is 1. The highest BCUT2D eigenvalue weighted by atomic mass is 32.2. The summed E-state index contributed by atoms with van der Waals surface area (Å²) in [5, 5.41) is 9.94. The van der Waals surface area contributed by atoms with E-state index in [4.69, 9.17) is 0 Å². The van der Waals surface area contributed by atoms with Crippen LogP contribution in [0.4, 0.5) is 0 Å². The fourth-order valence-electron chi connectivity index (χ4n) is 3.21. The van der Waals surface area contributed by atoms with Gasteiger partial charge in [0, 0.05) is 12.8 Å². The first-order valence-electron chi connectivity index (χ1n) is 9.02. The van der Waals surface area contributed by atoms with Gasteiger partial charge in [0.1, 0.15) is 0 Å². The number of rotatable bonds is 7. The molecule has 150 valence electrons. The number of benzene rings is 1. The molecule has 3 N–H and O–H groups in total. The number of hydrogen-bond donors (Lipinski definition) is 3.